The summed E-state index contributed by atoms with van der Waals surface area (Å²) in [6.07, 6.45) is 2.87. The van der Waals surface area contributed by atoms with Crippen LogP contribution in [0, 0.1) is 6.92 Å². The lowest BCUT2D eigenvalue weighted by Gasteiger charge is -2.04. The maximum Gasteiger partial charge on any atom is 0.328 e. The van der Waals surface area contributed by atoms with Gasteiger partial charge in [-0.25, -0.2) is 4.79 Å². The van der Waals surface area contributed by atoms with E-state index in [2.05, 4.69) is 0 Å². The predicted octanol–water partition coefficient (Wildman–Crippen LogP) is 2.44. The lowest BCUT2D eigenvalue weighted by atomic mass is 10.0. The molecule has 1 aromatic rings. The quantitative estimate of drug-likeness (QED) is 0.647. The smallest absolute Gasteiger partial charge is 0.328 e. The topological polar surface area (TPSA) is 54.4 Å². The minimum absolute atomic E-state index is 0.00578. The van der Waals surface area contributed by atoms with Gasteiger partial charge in [0.25, 0.3) is 0 Å². The van der Waals surface area contributed by atoms with Crippen molar-refractivity contribution < 1.29 is 14.7 Å². The number of hydrogen-bond acceptors (Lipinski definition) is 2. The van der Waals surface area contributed by atoms with Gasteiger partial charge >= 0.3 is 5.97 Å². The highest BCUT2D eigenvalue weighted by atomic mass is 35.5. The van der Waals surface area contributed by atoms with Crippen LogP contribution in [0.2, 0.25) is 0 Å². The summed E-state index contributed by atoms with van der Waals surface area (Å²) in [6.45, 7) is 1.88. The van der Waals surface area contributed by atoms with Gasteiger partial charge in [-0.2, -0.15) is 0 Å². The summed E-state index contributed by atoms with van der Waals surface area (Å²) in [6, 6.07) is 5.51. The zero-order valence-corrected chi connectivity index (χ0v) is 10.2. The van der Waals surface area contributed by atoms with E-state index < -0.39 is 5.97 Å². The number of Topliss-reactive ketones (excluding diaryl/α,β-unsaturated/α-hetero) is 1. The highest BCUT2D eigenvalue weighted by Crippen LogP contribution is 2.14. The van der Waals surface area contributed by atoms with Gasteiger partial charge in [0.1, 0.15) is 0 Å². The predicted molar refractivity (Wildman–Crippen MR) is 67.3 cm³/mol. The number of carboxylic acids is 1. The van der Waals surface area contributed by atoms with E-state index in [1.165, 1.54) is 6.08 Å². The maximum absolute atomic E-state index is 11.2. The maximum atomic E-state index is 11.2. The molecule has 1 aromatic carbocycles. The van der Waals surface area contributed by atoms with Crippen LogP contribution >= 0.6 is 11.6 Å². The number of carbonyl (C=O) groups is 2. The van der Waals surface area contributed by atoms with Crippen molar-refractivity contribution in [1.29, 1.82) is 0 Å². The molecule has 0 amide bonds. The zero-order valence-electron chi connectivity index (χ0n) is 9.44. The Morgan fingerprint density at radius 3 is 2.71 bits per heavy atom. The fraction of sp³-hybridized carbons (Fsp3) is 0.231. The SMILES string of the molecule is Cc1ccc(CC(=O)CCl)cc1/C=C/C(=O)O. The van der Waals surface area contributed by atoms with E-state index in [9.17, 15) is 9.59 Å². The number of carbonyl (C=O) groups excluding carboxylic acids is 1. The molecule has 90 valence electrons. The summed E-state index contributed by atoms with van der Waals surface area (Å²) in [5.41, 5.74) is 2.60. The lowest BCUT2D eigenvalue weighted by molar-refractivity contribution is -0.131. The fourth-order valence-electron chi connectivity index (χ4n) is 1.42. The Labute approximate surface area is 105 Å². The summed E-state index contributed by atoms with van der Waals surface area (Å²) in [7, 11) is 0. The van der Waals surface area contributed by atoms with Crippen LogP contribution in [-0.2, 0) is 16.0 Å². The molecule has 17 heavy (non-hydrogen) atoms. The third-order valence-corrected chi connectivity index (χ3v) is 2.60. The Kier molecular flexibility index (Phi) is 4.91. The van der Waals surface area contributed by atoms with E-state index in [0.29, 0.717) is 0 Å². The van der Waals surface area contributed by atoms with Gasteiger partial charge in [-0.1, -0.05) is 18.2 Å². The van der Waals surface area contributed by atoms with E-state index in [0.717, 1.165) is 22.8 Å². The minimum atomic E-state index is -0.994. The number of halogens is 1. The molecule has 1 rings (SSSR count). The molecule has 0 unspecified atom stereocenters. The molecular weight excluding hydrogens is 240 g/mol. The van der Waals surface area contributed by atoms with Crippen LogP contribution in [0.5, 0.6) is 0 Å². The molecule has 3 nitrogen and oxygen atoms in total. The first kappa shape index (κ1) is 13.5. The van der Waals surface area contributed by atoms with E-state index in [4.69, 9.17) is 16.7 Å². The summed E-state index contributed by atoms with van der Waals surface area (Å²) in [5, 5.41) is 8.56. The number of alkyl halides is 1. The number of ketones is 1. The second kappa shape index (κ2) is 6.21. The number of aliphatic carboxylic acids is 1. The van der Waals surface area contributed by atoms with Crippen LogP contribution in [0.1, 0.15) is 16.7 Å². The molecular formula is C13H13ClO3. The lowest BCUT2D eigenvalue weighted by Crippen LogP contribution is -2.04. The van der Waals surface area contributed by atoms with E-state index in [1.807, 2.05) is 19.1 Å². The van der Waals surface area contributed by atoms with Crippen LogP contribution in [0.25, 0.3) is 6.08 Å². The van der Waals surface area contributed by atoms with Crippen molar-refractivity contribution >= 4 is 29.4 Å². The largest absolute Gasteiger partial charge is 0.478 e. The summed E-state index contributed by atoms with van der Waals surface area (Å²) >= 11 is 5.43. The van der Waals surface area contributed by atoms with Gasteiger partial charge in [0, 0.05) is 12.5 Å². The number of hydrogen-bond donors (Lipinski definition) is 1. The number of carboxylic acid groups (broad SMARTS) is 1. The van der Waals surface area contributed by atoms with Crippen LogP contribution in [0.3, 0.4) is 0 Å². The van der Waals surface area contributed by atoms with E-state index in [1.54, 1.807) is 6.07 Å². The van der Waals surface area contributed by atoms with Gasteiger partial charge in [-0.15, -0.1) is 11.6 Å². The summed E-state index contributed by atoms with van der Waals surface area (Å²) in [4.78, 5) is 21.6. The average Bonchev–Trinajstić information content (AvgIpc) is 2.29. The molecule has 0 bridgehead atoms. The van der Waals surface area contributed by atoms with Gasteiger partial charge in [-0.05, 0) is 29.7 Å². The summed E-state index contributed by atoms with van der Waals surface area (Å²) < 4.78 is 0. The number of rotatable bonds is 5. The van der Waals surface area contributed by atoms with Crippen molar-refractivity contribution in [2.45, 2.75) is 13.3 Å². The number of benzene rings is 1. The average molecular weight is 253 g/mol. The minimum Gasteiger partial charge on any atom is -0.478 e. The second-order valence-electron chi connectivity index (χ2n) is 3.71. The summed E-state index contributed by atoms with van der Waals surface area (Å²) in [5.74, 6) is -1.05. The highest BCUT2D eigenvalue weighted by Gasteiger charge is 2.04. The van der Waals surface area contributed by atoms with Crippen molar-refractivity contribution in [3.63, 3.8) is 0 Å². The van der Waals surface area contributed by atoms with E-state index in [-0.39, 0.29) is 18.1 Å². The molecule has 0 atom stereocenters. The normalized spacial score (nSPS) is 10.7. The molecule has 4 heteroatoms. The third kappa shape index (κ3) is 4.41. The molecule has 0 fully saturated rings. The number of aryl methyl sites for hydroxylation is 1. The standard InChI is InChI=1S/C13H13ClO3/c1-9-2-3-10(7-12(15)8-14)6-11(9)4-5-13(16)17/h2-6H,7-8H2,1H3,(H,16,17)/b5-4+. The molecule has 0 spiro atoms. The fourth-order valence-corrected chi connectivity index (χ4v) is 1.51. The first-order valence-corrected chi connectivity index (χ1v) is 5.64. The van der Waals surface area contributed by atoms with Crippen molar-refractivity contribution in [2.24, 2.45) is 0 Å². The Hall–Kier alpha value is -1.61. The van der Waals surface area contributed by atoms with Gasteiger partial charge in [0.2, 0.25) is 0 Å². The van der Waals surface area contributed by atoms with Gasteiger partial charge in [0.15, 0.2) is 5.78 Å². The van der Waals surface area contributed by atoms with Crippen LogP contribution < -0.4 is 0 Å². The Bertz CT molecular complexity index is 464. The molecule has 1 N–H and O–H groups in total. The van der Waals surface area contributed by atoms with Crippen molar-refractivity contribution in [2.75, 3.05) is 5.88 Å². The first-order chi connectivity index (χ1) is 8.02. The Balaban J connectivity index is 2.94. The molecule has 0 aliphatic rings. The Morgan fingerprint density at radius 1 is 1.41 bits per heavy atom. The van der Waals surface area contributed by atoms with Crippen molar-refractivity contribution in [3.8, 4) is 0 Å². The Morgan fingerprint density at radius 2 is 2.12 bits per heavy atom. The zero-order chi connectivity index (χ0) is 12.8. The first-order valence-electron chi connectivity index (χ1n) is 5.11. The van der Waals surface area contributed by atoms with Crippen LogP contribution in [-0.4, -0.2) is 22.7 Å². The van der Waals surface area contributed by atoms with Gasteiger partial charge in [-0.3, -0.25) is 4.79 Å². The third-order valence-electron chi connectivity index (χ3n) is 2.30. The highest BCUT2D eigenvalue weighted by molar-refractivity contribution is 6.27. The van der Waals surface area contributed by atoms with Crippen molar-refractivity contribution in [3.05, 3.63) is 41.0 Å². The molecule has 0 aliphatic heterocycles. The second-order valence-corrected chi connectivity index (χ2v) is 3.98. The molecule has 0 aliphatic carbocycles. The van der Waals surface area contributed by atoms with Crippen LogP contribution in [0.15, 0.2) is 24.3 Å². The molecule has 0 saturated carbocycles. The molecule has 0 radical (unpaired) electrons. The van der Waals surface area contributed by atoms with Gasteiger partial charge < -0.3 is 5.11 Å². The molecule has 0 saturated heterocycles. The van der Waals surface area contributed by atoms with E-state index >= 15 is 0 Å². The van der Waals surface area contributed by atoms with Crippen molar-refractivity contribution in [1.82, 2.24) is 0 Å². The molecule has 0 heterocycles. The molecule has 0 aromatic heterocycles. The monoisotopic (exact) mass is 252 g/mol. The van der Waals surface area contributed by atoms with Gasteiger partial charge in [0.05, 0.1) is 5.88 Å². The van der Waals surface area contributed by atoms with Crippen LogP contribution in [0.4, 0.5) is 0 Å².